The van der Waals surface area contributed by atoms with Gasteiger partial charge in [-0.25, -0.2) is 9.18 Å². The number of amides is 1. The van der Waals surface area contributed by atoms with E-state index in [2.05, 4.69) is 15.6 Å². The van der Waals surface area contributed by atoms with Crippen LogP contribution in [0.1, 0.15) is 27.9 Å². The van der Waals surface area contributed by atoms with Gasteiger partial charge in [-0.05, 0) is 42.7 Å². The molecule has 0 bridgehead atoms. The molecule has 0 saturated heterocycles. The molecule has 25 heavy (non-hydrogen) atoms. The second-order valence-corrected chi connectivity index (χ2v) is 5.79. The molecular weight excluding hydrogens is 325 g/mol. The molecule has 3 rings (SSSR count). The number of esters is 1. The fourth-order valence-electron chi connectivity index (χ4n) is 2.79. The maximum atomic E-state index is 13.6. The molecule has 1 aliphatic heterocycles. The first-order valence-electron chi connectivity index (χ1n) is 7.92. The van der Waals surface area contributed by atoms with Crippen LogP contribution in [0.4, 0.5) is 10.1 Å². The Morgan fingerprint density at radius 1 is 1.44 bits per heavy atom. The number of aryl methyl sites for hydroxylation is 1. The van der Waals surface area contributed by atoms with Gasteiger partial charge in [-0.15, -0.1) is 0 Å². The number of aromatic nitrogens is 1. The zero-order chi connectivity index (χ0) is 17.8. The SMILES string of the molecule is COC(=O)c1ccc2c(c1)CCC(NCc1ccncc1F)C(=O)N2. The summed E-state index contributed by atoms with van der Waals surface area (Å²) >= 11 is 0. The van der Waals surface area contributed by atoms with Crippen molar-refractivity contribution in [3.63, 3.8) is 0 Å². The summed E-state index contributed by atoms with van der Waals surface area (Å²) in [7, 11) is 1.33. The summed E-state index contributed by atoms with van der Waals surface area (Å²) in [4.78, 5) is 27.7. The van der Waals surface area contributed by atoms with Crippen molar-refractivity contribution in [2.24, 2.45) is 0 Å². The number of rotatable bonds is 4. The molecular formula is C18H18FN3O3. The van der Waals surface area contributed by atoms with Crippen molar-refractivity contribution in [1.29, 1.82) is 0 Å². The predicted octanol–water partition coefficient (Wildman–Crippen LogP) is 2.05. The molecule has 6 nitrogen and oxygen atoms in total. The fourth-order valence-corrected chi connectivity index (χ4v) is 2.79. The van der Waals surface area contributed by atoms with Crippen LogP contribution in [-0.4, -0.2) is 30.0 Å². The second kappa shape index (κ2) is 7.40. The van der Waals surface area contributed by atoms with E-state index in [0.717, 1.165) is 11.8 Å². The Morgan fingerprint density at radius 3 is 3.04 bits per heavy atom. The third-order valence-corrected chi connectivity index (χ3v) is 4.20. The Kier molecular flexibility index (Phi) is 5.04. The summed E-state index contributed by atoms with van der Waals surface area (Å²) in [5, 5.41) is 5.93. The molecule has 0 spiro atoms. The zero-order valence-electron chi connectivity index (χ0n) is 13.7. The highest BCUT2D eigenvalue weighted by molar-refractivity contribution is 5.97. The lowest BCUT2D eigenvalue weighted by atomic mass is 10.0. The minimum absolute atomic E-state index is 0.181. The lowest BCUT2D eigenvalue weighted by Crippen LogP contribution is -2.39. The number of carbonyl (C=O) groups is 2. The van der Waals surface area contributed by atoms with Gasteiger partial charge in [0.05, 0.1) is 24.9 Å². The van der Waals surface area contributed by atoms with Gasteiger partial charge in [-0.2, -0.15) is 0 Å². The van der Waals surface area contributed by atoms with Crippen LogP contribution in [-0.2, 0) is 22.5 Å². The van der Waals surface area contributed by atoms with E-state index in [-0.39, 0.29) is 12.5 Å². The van der Waals surface area contributed by atoms with E-state index in [4.69, 9.17) is 4.74 Å². The highest BCUT2D eigenvalue weighted by Gasteiger charge is 2.24. The molecule has 0 fully saturated rings. The number of nitrogens with one attached hydrogen (secondary N) is 2. The number of halogens is 1. The van der Waals surface area contributed by atoms with Crippen LogP contribution in [0.3, 0.4) is 0 Å². The fraction of sp³-hybridized carbons (Fsp3) is 0.278. The number of methoxy groups -OCH3 is 1. The first kappa shape index (κ1) is 17.0. The number of anilines is 1. The Morgan fingerprint density at radius 2 is 2.28 bits per heavy atom. The van der Waals surface area contributed by atoms with E-state index in [1.54, 1.807) is 24.3 Å². The summed E-state index contributed by atoms with van der Waals surface area (Å²) in [6.45, 7) is 0.232. The molecule has 2 heterocycles. The molecule has 2 N–H and O–H groups in total. The summed E-state index contributed by atoms with van der Waals surface area (Å²) in [5.41, 5.74) is 2.45. The number of benzene rings is 1. The van der Waals surface area contributed by atoms with E-state index < -0.39 is 17.8 Å². The first-order valence-corrected chi connectivity index (χ1v) is 7.92. The van der Waals surface area contributed by atoms with Crippen molar-refractivity contribution in [2.45, 2.75) is 25.4 Å². The summed E-state index contributed by atoms with van der Waals surface area (Å²) < 4.78 is 18.4. The summed E-state index contributed by atoms with van der Waals surface area (Å²) in [6, 6.07) is 6.16. The van der Waals surface area contributed by atoms with E-state index in [1.807, 2.05) is 0 Å². The summed E-state index contributed by atoms with van der Waals surface area (Å²) in [6.07, 6.45) is 3.80. The van der Waals surface area contributed by atoms with Crippen molar-refractivity contribution >= 4 is 17.6 Å². The minimum Gasteiger partial charge on any atom is -0.465 e. The Labute approximate surface area is 144 Å². The Hall–Kier alpha value is -2.80. The van der Waals surface area contributed by atoms with Gasteiger partial charge in [-0.1, -0.05) is 0 Å². The maximum absolute atomic E-state index is 13.6. The number of hydrogen-bond acceptors (Lipinski definition) is 5. The quantitative estimate of drug-likeness (QED) is 0.831. The first-order chi connectivity index (χ1) is 12.1. The smallest absolute Gasteiger partial charge is 0.337 e. The molecule has 0 saturated carbocycles. The second-order valence-electron chi connectivity index (χ2n) is 5.79. The van der Waals surface area contributed by atoms with Crippen LogP contribution in [0.25, 0.3) is 0 Å². The lowest BCUT2D eigenvalue weighted by Gasteiger charge is -2.15. The minimum atomic E-state index is -0.457. The molecule has 0 aliphatic carbocycles. The van der Waals surface area contributed by atoms with Gasteiger partial charge < -0.3 is 15.4 Å². The van der Waals surface area contributed by atoms with Crippen molar-refractivity contribution in [3.8, 4) is 0 Å². The molecule has 1 amide bonds. The molecule has 2 aromatic rings. The van der Waals surface area contributed by atoms with E-state index in [0.29, 0.717) is 29.7 Å². The topological polar surface area (TPSA) is 80.3 Å². The van der Waals surface area contributed by atoms with E-state index in [1.165, 1.54) is 13.3 Å². The van der Waals surface area contributed by atoms with Crippen LogP contribution >= 0.6 is 0 Å². The molecule has 0 radical (unpaired) electrons. The molecule has 1 aliphatic rings. The molecule has 1 unspecified atom stereocenters. The van der Waals surface area contributed by atoms with Crippen LogP contribution in [0.2, 0.25) is 0 Å². The van der Waals surface area contributed by atoms with Crippen LogP contribution in [0, 0.1) is 5.82 Å². The highest BCUT2D eigenvalue weighted by atomic mass is 19.1. The highest BCUT2D eigenvalue weighted by Crippen LogP contribution is 2.24. The number of nitrogens with zero attached hydrogens (tertiary/aromatic N) is 1. The average molecular weight is 343 g/mol. The van der Waals surface area contributed by atoms with Crippen LogP contribution in [0.15, 0.2) is 36.7 Å². The third kappa shape index (κ3) is 3.83. The number of fused-ring (bicyclic) bond motifs is 1. The average Bonchev–Trinajstić information content (AvgIpc) is 2.78. The van der Waals surface area contributed by atoms with Gasteiger partial charge >= 0.3 is 5.97 Å². The molecule has 1 aromatic carbocycles. The van der Waals surface area contributed by atoms with Crippen LogP contribution in [0.5, 0.6) is 0 Å². The third-order valence-electron chi connectivity index (χ3n) is 4.20. The predicted molar refractivity (Wildman–Crippen MR) is 89.6 cm³/mol. The van der Waals surface area contributed by atoms with Gasteiger partial charge in [0.2, 0.25) is 5.91 Å². The lowest BCUT2D eigenvalue weighted by molar-refractivity contribution is -0.118. The Balaban J connectivity index is 1.71. The van der Waals surface area contributed by atoms with E-state index >= 15 is 0 Å². The maximum Gasteiger partial charge on any atom is 0.337 e. The molecule has 1 aromatic heterocycles. The van der Waals surface area contributed by atoms with Gasteiger partial charge in [0.15, 0.2) is 0 Å². The summed E-state index contributed by atoms with van der Waals surface area (Å²) in [5.74, 6) is -1.00. The monoisotopic (exact) mass is 343 g/mol. The Bertz CT molecular complexity index is 810. The van der Waals surface area contributed by atoms with Gasteiger partial charge in [-0.3, -0.25) is 9.78 Å². The largest absolute Gasteiger partial charge is 0.465 e. The standard InChI is InChI=1S/C18H18FN3O3/c1-25-18(24)12-3-4-15-11(8-12)2-5-16(17(23)22-15)21-9-13-6-7-20-10-14(13)19/h3-4,6-8,10,16,21H,2,5,9H2,1H3,(H,22,23). The van der Waals surface area contributed by atoms with Crippen molar-refractivity contribution in [1.82, 2.24) is 10.3 Å². The van der Waals surface area contributed by atoms with Gasteiger partial charge in [0, 0.05) is 24.0 Å². The number of hydrogen-bond donors (Lipinski definition) is 2. The molecule has 7 heteroatoms. The van der Waals surface area contributed by atoms with Crippen molar-refractivity contribution in [2.75, 3.05) is 12.4 Å². The normalized spacial score (nSPS) is 16.6. The number of pyridine rings is 1. The molecule has 1 atom stereocenters. The molecule has 130 valence electrons. The van der Waals surface area contributed by atoms with Crippen LogP contribution < -0.4 is 10.6 Å². The van der Waals surface area contributed by atoms with E-state index in [9.17, 15) is 14.0 Å². The zero-order valence-corrected chi connectivity index (χ0v) is 13.7. The van der Waals surface area contributed by atoms with Gasteiger partial charge in [0.1, 0.15) is 5.82 Å². The number of carbonyl (C=O) groups excluding carboxylic acids is 2. The van der Waals surface area contributed by atoms with Gasteiger partial charge in [0.25, 0.3) is 0 Å². The number of ether oxygens (including phenoxy) is 1. The van der Waals surface area contributed by atoms with Crippen molar-refractivity contribution < 1.29 is 18.7 Å². The van der Waals surface area contributed by atoms with Crippen molar-refractivity contribution in [3.05, 3.63) is 59.2 Å².